The lowest BCUT2D eigenvalue weighted by Crippen LogP contribution is -2.34. The summed E-state index contributed by atoms with van der Waals surface area (Å²) < 4.78 is 62.0. The molecule has 2 N–H and O–H groups in total. The van der Waals surface area contributed by atoms with Crippen LogP contribution in [-0.4, -0.2) is 21.3 Å². The number of phenols is 1. The second-order valence-electron chi connectivity index (χ2n) is 3.36. The number of imidazole rings is 1. The summed E-state index contributed by atoms with van der Waals surface area (Å²) in [5.41, 5.74) is -0.175. The van der Waals surface area contributed by atoms with Crippen LogP contribution in [0.2, 0.25) is 0 Å². The van der Waals surface area contributed by atoms with Crippen molar-refractivity contribution >= 4 is 11.0 Å². The third-order valence-corrected chi connectivity index (χ3v) is 2.12. The number of rotatable bonds is 1. The Balaban J connectivity index is 2.57. The van der Waals surface area contributed by atoms with Crippen molar-refractivity contribution in [3.05, 3.63) is 24.0 Å². The van der Waals surface area contributed by atoms with Gasteiger partial charge in [-0.05, 0) is 12.1 Å². The number of aromatic amines is 1. The fourth-order valence-electron chi connectivity index (χ4n) is 1.28. The molecule has 2 aromatic rings. The molecule has 0 radical (unpaired) electrons. The zero-order chi connectivity index (χ0) is 12.8. The van der Waals surface area contributed by atoms with E-state index >= 15 is 0 Å². The first-order valence-electron chi connectivity index (χ1n) is 4.35. The number of hydrogen-bond donors (Lipinski definition) is 2. The van der Waals surface area contributed by atoms with Gasteiger partial charge in [-0.25, -0.2) is 4.98 Å². The molecule has 17 heavy (non-hydrogen) atoms. The zero-order valence-corrected chi connectivity index (χ0v) is 8.02. The molecule has 0 fully saturated rings. The van der Waals surface area contributed by atoms with Gasteiger partial charge in [0.1, 0.15) is 5.75 Å². The van der Waals surface area contributed by atoms with E-state index < -0.39 is 17.9 Å². The van der Waals surface area contributed by atoms with Crippen LogP contribution in [0.1, 0.15) is 5.82 Å². The smallest absolute Gasteiger partial charge is 0.461 e. The van der Waals surface area contributed by atoms with Gasteiger partial charge >= 0.3 is 12.1 Å². The number of phenolic OH excluding ortho intramolecular Hbond substituents is 1. The van der Waals surface area contributed by atoms with E-state index in [1.165, 1.54) is 0 Å². The van der Waals surface area contributed by atoms with Crippen LogP contribution in [0.5, 0.6) is 5.75 Å². The molecule has 0 atom stereocenters. The molecule has 0 aliphatic rings. The van der Waals surface area contributed by atoms with E-state index in [0.717, 1.165) is 18.2 Å². The number of halogens is 5. The number of nitrogens with zero attached hydrogens (tertiary/aromatic N) is 1. The molecule has 0 saturated heterocycles. The van der Waals surface area contributed by atoms with Gasteiger partial charge in [0.15, 0.2) is 5.82 Å². The quantitative estimate of drug-likeness (QED) is 0.766. The molecule has 1 heterocycles. The first-order chi connectivity index (χ1) is 7.72. The molecule has 0 aliphatic heterocycles. The van der Waals surface area contributed by atoms with Gasteiger partial charge in [0.2, 0.25) is 0 Å². The van der Waals surface area contributed by atoms with Gasteiger partial charge in [-0.15, -0.1) is 0 Å². The molecule has 92 valence electrons. The van der Waals surface area contributed by atoms with Crippen LogP contribution in [0.4, 0.5) is 22.0 Å². The largest absolute Gasteiger partial charge is 0.508 e. The van der Waals surface area contributed by atoms with E-state index in [1.807, 2.05) is 4.98 Å². The zero-order valence-electron chi connectivity index (χ0n) is 8.02. The fraction of sp³-hybridized carbons (Fsp3) is 0.222. The van der Waals surface area contributed by atoms with Crippen molar-refractivity contribution in [3.63, 3.8) is 0 Å². The Morgan fingerprint density at radius 2 is 1.76 bits per heavy atom. The molecule has 0 unspecified atom stereocenters. The van der Waals surface area contributed by atoms with Crippen LogP contribution in [0.3, 0.4) is 0 Å². The SMILES string of the molecule is Oc1ccc2nc(C(F)(F)C(F)(F)F)[nH]c2c1. The standard InChI is InChI=1S/C9H5F5N2O/c10-8(11,9(12,13)14)7-15-5-2-1-4(17)3-6(5)16-7/h1-3,17H,(H,15,16). The van der Waals surface area contributed by atoms with Crippen LogP contribution in [0.25, 0.3) is 11.0 Å². The molecule has 0 spiro atoms. The average molecular weight is 252 g/mol. The van der Waals surface area contributed by atoms with Crippen molar-refractivity contribution in [2.75, 3.05) is 0 Å². The van der Waals surface area contributed by atoms with Crippen molar-refractivity contribution in [3.8, 4) is 5.75 Å². The number of aromatic nitrogens is 2. The predicted octanol–water partition coefficient (Wildman–Crippen LogP) is 2.92. The molecule has 8 heteroatoms. The van der Waals surface area contributed by atoms with Crippen LogP contribution < -0.4 is 0 Å². The molecule has 1 aromatic heterocycles. The Labute approximate surface area is 90.9 Å². The maximum Gasteiger partial charge on any atom is 0.461 e. The number of nitrogens with one attached hydrogen (secondary N) is 1. The lowest BCUT2D eigenvalue weighted by molar-refractivity contribution is -0.292. The minimum atomic E-state index is -5.72. The third-order valence-electron chi connectivity index (χ3n) is 2.12. The summed E-state index contributed by atoms with van der Waals surface area (Å²) in [6.07, 6.45) is -5.72. The summed E-state index contributed by atoms with van der Waals surface area (Å²) >= 11 is 0. The highest BCUT2D eigenvalue weighted by atomic mass is 19.4. The predicted molar refractivity (Wildman–Crippen MR) is 47.7 cm³/mol. The van der Waals surface area contributed by atoms with Gasteiger partial charge in [-0.2, -0.15) is 22.0 Å². The molecular weight excluding hydrogens is 247 g/mol. The minimum absolute atomic E-state index is 0.0817. The Morgan fingerprint density at radius 3 is 2.35 bits per heavy atom. The lowest BCUT2D eigenvalue weighted by Gasteiger charge is -2.16. The van der Waals surface area contributed by atoms with Gasteiger partial charge < -0.3 is 10.1 Å². The summed E-state index contributed by atoms with van der Waals surface area (Å²) in [6, 6.07) is 3.29. The molecule has 2 rings (SSSR count). The summed E-state index contributed by atoms with van der Waals surface area (Å²) in [6.45, 7) is 0. The van der Waals surface area contributed by atoms with Crippen LogP contribution >= 0.6 is 0 Å². The Kier molecular flexibility index (Phi) is 2.27. The molecule has 0 bridgehead atoms. The molecular formula is C9H5F5N2O. The van der Waals surface area contributed by atoms with Crippen molar-refractivity contribution < 1.29 is 27.1 Å². The number of H-pyrrole nitrogens is 1. The summed E-state index contributed by atoms with van der Waals surface area (Å²) in [5, 5.41) is 9.04. The molecule has 0 saturated carbocycles. The van der Waals surface area contributed by atoms with Gasteiger partial charge in [-0.3, -0.25) is 0 Å². The number of benzene rings is 1. The van der Waals surface area contributed by atoms with E-state index in [9.17, 15) is 22.0 Å². The first-order valence-corrected chi connectivity index (χ1v) is 4.35. The summed E-state index contributed by atoms with van der Waals surface area (Å²) in [4.78, 5) is 5.00. The second-order valence-corrected chi connectivity index (χ2v) is 3.36. The number of fused-ring (bicyclic) bond motifs is 1. The Hall–Kier alpha value is -1.86. The van der Waals surface area contributed by atoms with Crippen molar-refractivity contribution in [2.24, 2.45) is 0 Å². The highest BCUT2D eigenvalue weighted by Gasteiger charge is 2.61. The van der Waals surface area contributed by atoms with Gasteiger partial charge in [0, 0.05) is 6.07 Å². The van der Waals surface area contributed by atoms with Crippen LogP contribution in [0.15, 0.2) is 18.2 Å². The van der Waals surface area contributed by atoms with Crippen LogP contribution in [0, 0.1) is 0 Å². The van der Waals surface area contributed by atoms with E-state index in [4.69, 9.17) is 5.11 Å². The normalized spacial score (nSPS) is 13.2. The maximum atomic E-state index is 12.9. The van der Waals surface area contributed by atoms with Crippen molar-refractivity contribution in [2.45, 2.75) is 12.1 Å². The Morgan fingerprint density at radius 1 is 1.12 bits per heavy atom. The lowest BCUT2D eigenvalue weighted by atomic mass is 10.3. The maximum absolute atomic E-state index is 12.9. The molecule has 1 aromatic carbocycles. The van der Waals surface area contributed by atoms with E-state index in [2.05, 4.69) is 4.98 Å². The summed E-state index contributed by atoms with van der Waals surface area (Å²) in [5.74, 6) is -6.81. The highest BCUT2D eigenvalue weighted by Crippen LogP contribution is 2.43. The van der Waals surface area contributed by atoms with Crippen molar-refractivity contribution in [1.82, 2.24) is 9.97 Å². The number of aromatic hydroxyl groups is 1. The van der Waals surface area contributed by atoms with Gasteiger partial charge in [0.05, 0.1) is 11.0 Å². The van der Waals surface area contributed by atoms with Gasteiger partial charge in [-0.1, -0.05) is 0 Å². The van der Waals surface area contributed by atoms with E-state index in [1.54, 1.807) is 0 Å². The highest BCUT2D eigenvalue weighted by molar-refractivity contribution is 5.76. The number of hydrogen-bond acceptors (Lipinski definition) is 2. The molecule has 0 aliphatic carbocycles. The average Bonchev–Trinajstić information content (AvgIpc) is 2.58. The Bertz CT molecular complexity index is 560. The van der Waals surface area contributed by atoms with E-state index in [0.29, 0.717) is 0 Å². The minimum Gasteiger partial charge on any atom is -0.508 e. The monoisotopic (exact) mass is 252 g/mol. The van der Waals surface area contributed by atoms with E-state index in [-0.39, 0.29) is 16.8 Å². The van der Waals surface area contributed by atoms with Crippen LogP contribution in [-0.2, 0) is 5.92 Å². The number of alkyl halides is 5. The topological polar surface area (TPSA) is 48.9 Å². The van der Waals surface area contributed by atoms with Gasteiger partial charge in [0.25, 0.3) is 0 Å². The summed E-state index contributed by atoms with van der Waals surface area (Å²) in [7, 11) is 0. The molecule has 3 nitrogen and oxygen atoms in total. The second kappa shape index (κ2) is 3.31. The fourth-order valence-corrected chi connectivity index (χ4v) is 1.28. The van der Waals surface area contributed by atoms with Crippen molar-refractivity contribution in [1.29, 1.82) is 0 Å². The first kappa shape index (κ1) is 11.6. The third kappa shape index (κ3) is 1.79. The molecule has 0 amide bonds.